The predicted octanol–water partition coefficient (Wildman–Crippen LogP) is 0.835. The highest BCUT2D eigenvalue weighted by Crippen LogP contribution is 2.31. The third-order valence-corrected chi connectivity index (χ3v) is 2.80. The molecule has 3 heteroatoms. The van der Waals surface area contributed by atoms with E-state index in [0.717, 1.165) is 19.2 Å². The molecule has 2 N–H and O–H groups in total. The van der Waals surface area contributed by atoms with Crippen LogP contribution in [0.15, 0.2) is 0 Å². The highest BCUT2D eigenvalue weighted by atomic mass is 16.5. The molecule has 0 aromatic heterocycles. The summed E-state index contributed by atoms with van der Waals surface area (Å²) < 4.78 is 5.11. The number of methoxy groups -OCH3 is 1. The first-order valence-corrected chi connectivity index (χ1v) is 5.07. The van der Waals surface area contributed by atoms with Gasteiger partial charge in [-0.3, -0.25) is 4.90 Å². The van der Waals surface area contributed by atoms with Gasteiger partial charge in [-0.15, -0.1) is 0 Å². The molecule has 0 amide bonds. The van der Waals surface area contributed by atoms with Crippen LogP contribution in [-0.2, 0) is 4.74 Å². The normalized spacial score (nSPS) is 18.2. The average Bonchev–Trinajstić information content (AvgIpc) is 2.89. The van der Waals surface area contributed by atoms with E-state index in [1.807, 2.05) is 0 Å². The standard InChI is InChI=1S/C10H22N2O/c1-10(2,8-11)12(6-7-13-3)9-4-5-9/h9H,4-8,11H2,1-3H3. The molecule has 0 aromatic carbocycles. The molecule has 3 nitrogen and oxygen atoms in total. The summed E-state index contributed by atoms with van der Waals surface area (Å²) in [5.41, 5.74) is 5.89. The number of nitrogens with two attached hydrogens (primary N) is 1. The molecule has 13 heavy (non-hydrogen) atoms. The van der Waals surface area contributed by atoms with Gasteiger partial charge in [-0.25, -0.2) is 0 Å². The van der Waals surface area contributed by atoms with E-state index in [9.17, 15) is 0 Å². The molecule has 0 atom stereocenters. The maximum atomic E-state index is 5.76. The first kappa shape index (κ1) is 11.0. The quantitative estimate of drug-likeness (QED) is 0.668. The summed E-state index contributed by atoms with van der Waals surface area (Å²) in [4.78, 5) is 2.48. The van der Waals surface area contributed by atoms with Crippen molar-refractivity contribution in [1.82, 2.24) is 4.90 Å². The molecule has 0 heterocycles. The van der Waals surface area contributed by atoms with Gasteiger partial charge in [-0.05, 0) is 26.7 Å². The Balaban J connectivity index is 2.45. The van der Waals surface area contributed by atoms with Crippen LogP contribution in [0.1, 0.15) is 26.7 Å². The Labute approximate surface area is 81.2 Å². The second-order valence-corrected chi connectivity index (χ2v) is 4.43. The van der Waals surface area contributed by atoms with E-state index in [4.69, 9.17) is 10.5 Å². The van der Waals surface area contributed by atoms with E-state index in [-0.39, 0.29) is 5.54 Å². The van der Waals surface area contributed by atoms with Crippen LogP contribution in [0.25, 0.3) is 0 Å². The summed E-state index contributed by atoms with van der Waals surface area (Å²) in [7, 11) is 1.75. The summed E-state index contributed by atoms with van der Waals surface area (Å²) in [6.07, 6.45) is 2.65. The zero-order chi connectivity index (χ0) is 9.90. The Morgan fingerprint density at radius 3 is 2.46 bits per heavy atom. The molecule has 1 rings (SSSR count). The van der Waals surface area contributed by atoms with Gasteiger partial charge < -0.3 is 10.5 Å². The highest BCUT2D eigenvalue weighted by Gasteiger charge is 2.37. The van der Waals surface area contributed by atoms with Gasteiger partial charge in [0.1, 0.15) is 0 Å². The maximum Gasteiger partial charge on any atom is 0.0590 e. The van der Waals surface area contributed by atoms with Crippen molar-refractivity contribution < 1.29 is 4.74 Å². The topological polar surface area (TPSA) is 38.5 Å². The molecule has 0 radical (unpaired) electrons. The number of rotatable bonds is 6. The minimum Gasteiger partial charge on any atom is -0.383 e. The fourth-order valence-electron chi connectivity index (χ4n) is 1.67. The lowest BCUT2D eigenvalue weighted by Crippen LogP contribution is -2.51. The summed E-state index contributed by atoms with van der Waals surface area (Å²) in [5.74, 6) is 0. The van der Waals surface area contributed by atoms with Crippen molar-refractivity contribution in [3.05, 3.63) is 0 Å². The van der Waals surface area contributed by atoms with Gasteiger partial charge in [0.05, 0.1) is 6.61 Å². The summed E-state index contributed by atoms with van der Waals surface area (Å²) >= 11 is 0. The average molecular weight is 186 g/mol. The van der Waals surface area contributed by atoms with Gasteiger partial charge >= 0.3 is 0 Å². The third-order valence-electron chi connectivity index (χ3n) is 2.80. The first-order valence-electron chi connectivity index (χ1n) is 5.07. The highest BCUT2D eigenvalue weighted by molar-refractivity contribution is 4.93. The van der Waals surface area contributed by atoms with E-state index in [1.54, 1.807) is 7.11 Å². The minimum atomic E-state index is 0.125. The van der Waals surface area contributed by atoms with Gasteiger partial charge in [0.2, 0.25) is 0 Å². The van der Waals surface area contributed by atoms with Crippen molar-refractivity contribution in [2.24, 2.45) is 5.73 Å². The molecule has 1 aliphatic carbocycles. The zero-order valence-corrected chi connectivity index (χ0v) is 9.05. The van der Waals surface area contributed by atoms with Crippen LogP contribution in [0.3, 0.4) is 0 Å². The Hall–Kier alpha value is -0.120. The third kappa shape index (κ3) is 2.93. The molecule has 0 aromatic rings. The van der Waals surface area contributed by atoms with Crippen LogP contribution in [0, 0.1) is 0 Å². The number of nitrogens with zero attached hydrogens (tertiary/aromatic N) is 1. The van der Waals surface area contributed by atoms with Gasteiger partial charge in [-0.2, -0.15) is 0 Å². The monoisotopic (exact) mass is 186 g/mol. The molecule has 0 bridgehead atoms. The Morgan fingerprint density at radius 2 is 2.08 bits per heavy atom. The number of hydrogen-bond donors (Lipinski definition) is 1. The lowest BCUT2D eigenvalue weighted by molar-refractivity contribution is 0.0745. The molecule has 1 aliphatic rings. The maximum absolute atomic E-state index is 5.76. The van der Waals surface area contributed by atoms with Crippen LogP contribution in [0.4, 0.5) is 0 Å². The zero-order valence-electron chi connectivity index (χ0n) is 9.05. The van der Waals surface area contributed by atoms with Crippen molar-refractivity contribution in [1.29, 1.82) is 0 Å². The molecule has 0 aliphatic heterocycles. The first-order chi connectivity index (χ1) is 6.11. The fraction of sp³-hybridized carbons (Fsp3) is 1.00. The molecular formula is C10H22N2O. The molecule has 1 fully saturated rings. The second kappa shape index (κ2) is 4.40. The van der Waals surface area contributed by atoms with E-state index in [0.29, 0.717) is 6.54 Å². The van der Waals surface area contributed by atoms with Gasteiger partial charge in [-0.1, -0.05) is 0 Å². The molecule has 78 valence electrons. The smallest absolute Gasteiger partial charge is 0.0590 e. The van der Waals surface area contributed by atoms with Crippen LogP contribution in [0.2, 0.25) is 0 Å². The molecular weight excluding hydrogens is 164 g/mol. The Kier molecular flexibility index (Phi) is 3.71. The van der Waals surface area contributed by atoms with Crippen molar-refractivity contribution in [3.8, 4) is 0 Å². The molecule has 0 saturated heterocycles. The van der Waals surface area contributed by atoms with Gasteiger partial charge in [0.15, 0.2) is 0 Å². The van der Waals surface area contributed by atoms with Crippen molar-refractivity contribution in [2.45, 2.75) is 38.3 Å². The van der Waals surface area contributed by atoms with E-state index >= 15 is 0 Å². The molecule has 1 saturated carbocycles. The lowest BCUT2D eigenvalue weighted by Gasteiger charge is -2.37. The Bertz CT molecular complexity index is 155. The number of ether oxygens (including phenoxy) is 1. The van der Waals surface area contributed by atoms with Crippen LogP contribution >= 0.6 is 0 Å². The van der Waals surface area contributed by atoms with E-state index < -0.39 is 0 Å². The molecule has 0 spiro atoms. The van der Waals surface area contributed by atoms with E-state index in [2.05, 4.69) is 18.7 Å². The Morgan fingerprint density at radius 1 is 1.46 bits per heavy atom. The largest absolute Gasteiger partial charge is 0.383 e. The fourth-order valence-corrected chi connectivity index (χ4v) is 1.67. The van der Waals surface area contributed by atoms with Crippen LogP contribution < -0.4 is 5.73 Å². The van der Waals surface area contributed by atoms with Crippen LogP contribution in [0.5, 0.6) is 0 Å². The summed E-state index contributed by atoms with van der Waals surface area (Å²) in [5, 5.41) is 0. The minimum absolute atomic E-state index is 0.125. The SMILES string of the molecule is COCCN(C1CC1)C(C)(C)CN. The van der Waals surface area contributed by atoms with E-state index in [1.165, 1.54) is 12.8 Å². The van der Waals surface area contributed by atoms with Crippen LogP contribution in [-0.4, -0.2) is 43.3 Å². The summed E-state index contributed by atoms with van der Waals surface area (Å²) in [6, 6.07) is 0.758. The molecule has 0 unspecified atom stereocenters. The lowest BCUT2D eigenvalue weighted by atomic mass is 10.0. The van der Waals surface area contributed by atoms with Gasteiger partial charge in [0, 0.05) is 31.8 Å². The summed E-state index contributed by atoms with van der Waals surface area (Å²) in [6.45, 7) is 6.94. The van der Waals surface area contributed by atoms with Crippen molar-refractivity contribution >= 4 is 0 Å². The van der Waals surface area contributed by atoms with Gasteiger partial charge in [0.25, 0.3) is 0 Å². The van der Waals surface area contributed by atoms with Crippen molar-refractivity contribution in [3.63, 3.8) is 0 Å². The predicted molar refractivity (Wildman–Crippen MR) is 54.7 cm³/mol. The van der Waals surface area contributed by atoms with Crippen molar-refractivity contribution in [2.75, 3.05) is 26.8 Å². The second-order valence-electron chi connectivity index (χ2n) is 4.43. The number of hydrogen-bond acceptors (Lipinski definition) is 3.